The Kier molecular flexibility index (Phi) is 8.40. The van der Waals surface area contributed by atoms with Crippen molar-refractivity contribution in [3.63, 3.8) is 0 Å². The first kappa shape index (κ1) is 12.9. The van der Waals surface area contributed by atoms with Crippen LogP contribution in [0, 0.1) is 0 Å². The minimum atomic E-state index is -0.384. The molecule has 0 aromatic heterocycles. The van der Waals surface area contributed by atoms with Crippen LogP contribution in [0.3, 0.4) is 0 Å². The molecule has 80 valence electrons. The summed E-state index contributed by atoms with van der Waals surface area (Å²) in [5, 5.41) is 9.38. The molecule has 13 heavy (non-hydrogen) atoms. The average Bonchev–Trinajstić information content (AvgIpc) is 2.04. The maximum Gasteiger partial charge on any atom is 0.0795 e. The molecular formula is C10H22O3. The zero-order valence-corrected chi connectivity index (χ0v) is 8.95. The number of aliphatic hydroxyl groups is 1. The molecule has 1 atom stereocenters. The lowest BCUT2D eigenvalue weighted by Gasteiger charge is -2.12. The Hall–Kier alpha value is -0.120. The summed E-state index contributed by atoms with van der Waals surface area (Å²) in [4.78, 5) is 0. The number of aliphatic hydroxyl groups excluding tert-OH is 1. The lowest BCUT2D eigenvalue weighted by Crippen LogP contribution is -2.19. The maximum absolute atomic E-state index is 9.38. The van der Waals surface area contributed by atoms with Gasteiger partial charge in [-0.1, -0.05) is 6.92 Å². The fourth-order valence-electron chi connectivity index (χ4n) is 0.887. The van der Waals surface area contributed by atoms with Gasteiger partial charge < -0.3 is 14.6 Å². The van der Waals surface area contributed by atoms with Gasteiger partial charge in [-0.15, -0.1) is 0 Å². The van der Waals surface area contributed by atoms with Crippen LogP contribution in [0.15, 0.2) is 0 Å². The van der Waals surface area contributed by atoms with E-state index in [1.54, 1.807) is 0 Å². The highest BCUT2D eigenvalue weighted by Gasteiger charge is 2.04. The molecule has 3 nitrogen and oxygen atoms in total. The zero-order chi connectivity index (χ0) is 10.1. The minimum Gasteiger partial charge on any atom is -0.391 e. The van der Waals surface area contributed by atoms with Crippen LogP contribution in [0.1, 0.15) is 33.6 Å². The normalized spacial score (nSPS) is 13.6. The van der Waals surface area contributed by atoms with Crippen LogP contribution in [0.4, 0.5) is 0 Å². The van der Waals surface area contributed by atoms with Crippen molar-refractivity contribution >= 4 is 0 Å². The first-order valence-electron chi connectivity index (χ1n) is 5.04. The highest BCUT2D eigenvalue weighted by molar-refractivity contribution is 4.53. The van der Waals surface area contributed by atoms with E-state index >= 15 is 0 Å². The van der Waals surface area contributed by atoms with Gasteiger partial charge in [0.15, 0.2) is 0 Å². The Morgan fingerprint density at radius 3 is 2.46 bits per heavy atom. The summed E-state index contributed by atoms with van der Waals surface area (Å²) in [6.07, 6.45) is 1.51. The average molecular weight is 190 g/mol. The molecule has 1 unspecified atom stereocenters. The molecule has 0 saturated heterocycles. The molecule has 0 spiro atoms. The number of hydrogen-bond donors (Lipinski definition) is 1. The van der Waals surface area contributed by atoms with E-state index in [1.165, 1.54) is 0 Å². The van der Waals surface area contributed by atoms with Crippen molar-refractivity contribution in [2.24, 2.45) is 0 Å². The molecule has 0 rings (SSSR count). The van der Waals surface area contributed by atoms with Gasteiger partial charge in [-0.2, -0.15) is 0 Å². The summed E-state index contributed by atoms with van der Waals surface area (Å²) in [6.45, 7) is 7.78. The fraction of sp³-hybridized carbons (Fsp3) is 1.00. The van der Waals surface area contributed by atoms with Crippen LogP contribution in [-0.4, -0.2) is 37.1 Å². The van der Waals surface area contributed by atoms with Gasteiger partial charge >= 0.3 is 0 Å². The molecule has 0 aromatic carbocycles. The van der Waals surface area contributed by atoms with Gasteiger partial charge in [0.2, 0.25) is 0 Å². The summed E-state index contributed by atoms with van der Waals surface area (Å²) in [5.41, 5.74) is 0. The van der Waals surface area contributed by atoms with E-state index in [2.05, 4.69) is 0 Å². The van der Waals surface area contributed by atoms with Crippen molar-refractivity contribution < 1.29 is 14.6 Å². The fourth-order valence-corrected chi connectivity index (χ4v) is 0.887. The third-order valence-corrected chi connectivity index (χ3v) is 1.56. The predicted molar refractivity (Wildman–Crippen MR) is 52.8 cm³/mol. The van der Waals surface area contributed by atoms with E-state index in [0.717, 1.165) is 13.0 Å². The third kappa shape index (κ3) is 9.80. The van der Waals surface area contributed by atoms with Gasteiger partial charge in [0.05, 0.1) is 18.8 Å². The molecule has 0 aliphatic carbocycles. The molecule has 0 bridgehead atoms. The predicted octanol–water partition coefficient (Wildman–Crippen LogP) is 1.59. The van der Waals surface area contributed by atoms with Crippen LogP contribution in [0.5, 0.6) is 0 Å². The summed E-state index contributed by atoms with van der Waals surface area (Å²) in [5.74, 6) is 0. The highest BCUT2D eigenvalue weighted by Crippen LogP contribution is 1.97. The summed E-state index contributed by atoms with van der Waals surface area (Å²) in [6, 6.07) is 0. The van der Waals surface area contributed by atoms with Gasteiger partial charge in [-0.05, 0) is 26.7 Å². The van der Waals surface area contributed by atoms with Crippen molar-refractivity contribution in [1.82, 2.24) is 0 Å². The van der Waals surface area contributed by atoms with Crippen molar-refractivity contribution in [2.75, 3.05) is 19.8 Å². The van der Waals surface area contributed by atoms with Gasteiger partial charge in [-0.3, -0.25) is 0 Å². The lowest BCUT2D eigenvalue weighted by molar-refractivity contribution is 0.00308. The SMILES string of the molecule is CCCOCC(O)CCOC(C)C. The van der Waals surface area contributed by atoms with Gasteiger partial charge in [-0.25, -0.2) is 0 Å². The van der Waals surface area contributed by atoms with E-state index in [9.17, 15) is 5.11 Å². The second-order valence-corrected chi connectivity index (χ2v) is 3.44. The molecule has 0 radical (unpaired) electrons. The van der Waals surface area contributed by atoms with Crippen molar-refractivity contribution in [3.05, 3.63) is 0 Å². The smallest absolute Gasteiger partial charge is 0.0795 e. The molecule has 3 heteroatoms. The van der Waals surface area contributed by atoms with E-state index < -0.39 is 0 Å². The molecule has 1 N–H and O–H groups in total. The Bertz CT molecular complexity index is 104. The van der Waals surface area contributed by atoms with E-state index in [-0.39, 0.29) is 12.2 Å². The Balaban J connectivity index is 3.15. The van der Waals surface area contributed by atoms with E-state index in [4.69, 9.17) is 9.47 Å². The first-order chi connectivity index (χ1) is 6.16. The number of rotatable bonds is 8. The molecule has 0 aliphatic heterocycles. The first-order valence-corrected chi connectivity index (χ1v) is 5.04. The third-order valence-electron chi connectivity index (χ3n) is 1.56. The van der Waals surface area contributed by atoms with Crippen LogP contribution in [-0.2, 0) is 9.47 Å². The largest absolute Gasteiger partial charge is 0.391 e. The van der Waals surface area contributed by atoms with Gasteiger partial charge in [0.25, 0.3) is 0 Å². The second kappa shape index (κ2) is 8.48. The molecule has 0 amide bonds. The van der Waals surface area contributed by atoms with Crippen LogP contribution in [0.2, 0.25) is 0 Å². The Morgan fingerprint density at radius 2 is 1.92 bits per heavy atom. The Morgan fingerprint density at radius 1 is 1.23 bits per heavy atom. The summed E-state index contributed by atoms with van der Waals surface area (Å²) < 4.78 is 10.5. The van der Waals surface area contributed by atoms with Crippen LogP contribution >= 0.6 is 0 Å². The highest BCUT2D eigenvalue weighted by atomic mass is 16.5. The zero-order valence-electron chi connectivity index (χ0n) is 8.95. The van der Waals surface area contributed by atoms with Gasteiger partial charge in [0.1, 0.15) is 0 Å². The van der Waals surface area contributed by atoms with E-state index in [1.807, 2.05) is 20.8 Å². The minimum absolute atomic E-state index is 0.240. The molecule has 0 aliphatic rings. The quantitative estimate of drug-likeness (QED) is 0.591. The van der Waals surface area contributed by atoms with Crippen LogP contribution in [0.25, 0.3) is 0 Å². The summed E-state index contributed by atoms with van der Waals surface area (Å²) >= 11 is 0. The second-order valence-electron chi connectivity index (χ2n) is 3.44. The molecular weight excluding hydrogens is 168 g/mol. The standard InChI is InChI=1S/C10H22O3/c1-4-6-12-8-10(11)5-7-13-9(2)3/h9-11H,4-8H2,1-3H3. The number of ether oxygens (including phenoxy) is 2. The van der Waals surface area contributed by atoms with Crippen LogP contribution < -0.4 is 0 Å². The topological polar surface area (TPSA) is 38.7 Å². The Labute approximate surface area is 81.0 Å². The summed E-state index contributed by atoms with van der Waals surface area (Å²) in [7, 11) is 0. The molecule has 0 aromatic rings. The van der Waals surface area contributed by atoms with E-state index in [0.29, 0.717) is 19.6 Å². The number of hydrogen-bond acceptors (Lipinski definition) is 3. The lowest BCUT2D eigenvalue weighted by atomic mass is 10.3. The molecule has 0 heterocycles. The van der Waals surface area contributed by atoms with Gasteiger partial charge in [0, 0.05) is 13.2 Å². The van der Waals surface area contributed by atoms with Crippen molar-refractivity contribution in [2.45, 2.75) is 45.8 Å². The monoisotopic (exact) mass is 190 g/mol. The molecule has 0 saturated carbocycles. The molecule has 0 fully saturated rings. The van der Waals surface area contributed by atoms with Crippen molar-refractivity contribution in [3.8, 4) is 0 Å². The maximum atomic E-state index is 9.38. The van der Waals surface area contributed by atoms with Crippen molar-refractivity contribution in [1.29, 1.82) is 0 Å².